The van der Waals surface area contributed by atoms with Gasteiger partial charge < -0.3 is 15.5 Å². The van der Waals surface area contributed by atoms with Crippen LogP contribution >= 0.6 is 0 Å². The molecule has 2 aromatic rings. The molecule has 186 valence electrons. The number of nitrogens with one attached hydrogen (secondary N) is 2. The van der Waals surface area contributed by atoms with Crippen molar-refractivity contribution < 1.29 is 9.59 Å². The van der Waals surface area contributed by atoms with Gasteiger partial charge in [0.1, 0.15) is 0 Å². The molecule has 0 aliphatic heterocycles. The molecule has 0 atom stereocenters. The summed E-state index contributed by atoms with van der Waals surface area (Å²) in [6, 6.07) is 16.2. The van der Waals surface area contributed by atoms with Crippen LogP contribution in [0.5, 0.6) is 0 Å². The van der Waals surface area contributed by atoms with Crippen molar-refractivity contribution >= 4 is 17.6 Å². The number of amides is 3. The predicted molar refractivity (Wildman–Crippen MR) is 142 cm³/mol. The van der Waals surface area contributed by atoms with E-state index in [1.807, 2.05) is 37.2 Å². The highest BCUT2D eigenvalue weighted by atomic mass is 16.2. The van der Waals surface area contributed by atoms with Crippen LogP contribution < -0.4 is 15.5 Å². The molecule has 0 bridgehead atoms. The third-order valence-electron chi connectivity index (χ3n) is 5.90. The van der Waals surface area contributed by atoms with Crippen molar-refractivity contribution in [2.24, 2.45) is 0 Å². The van der Waals surface area contributed by atoms with E-state index in [0.29, 0.717) is 19.5 Å². The van der Waals surface area contributed by atoms with Crippen molar-refractivity contribution in [3.05, 3.63) is 54.1 Å². The zero-order valence-electron chi connectivity index (χ0n) is 21.4. The normalized spacial score (nSPS) is 10.9. The lowest BCUT2D eigenvalue weighted by Gasteiger charge is -2.19. The molecule has 2 N–H and O–H groups in total. The van der Waals surface area contributed by atoms with Gasteiger partial charge in [-0.15, -0.1) is 0 Å². The maximum Gasteiger partial charge on any atom is 0.321 e. The van der Waals surface area contributed by atoms with Gasteiger partial charge in [-0.05, 0) is 55.8 Å². The highest BCUT2D eigenvalue weighted by Gasteiger charge is 2.11. The van der Waals surface area contributed by atoms with Crippen molar-refractivity contribution in [1.82, 2.24) is 15.5 Å². The number of rotatable bonds is 14. The maximum atomic E-state index is 12.5. The zero-order valence-corrected chi connectivity index (χ0v) is 21.4. The van der Waals surface area contributed by atoms with Gasteiger partial charge in [0.2, 0.25) is 5.91 Å². The molecule has 0 aliphatic carbocycles. The quantitative estimate of drug-likeness (QED) is 0.382. The van der Waals surface area contributed by atoms with Crippen molar-refractivity contribution in [2.45, 2.75) is 51.9 Å². The summed E-state index contributed by atoms with van der Waals surface area (Å²) in [4.78, 5) is 28.2. The minimum absolute atomic E-state index is 0.0770. The van der Waals surface area contributed by atoms with Gasteiger partial charge >= 0.3 is 6.03 Å². The molecular weight excluding hydrogens is 424 g/mol. The first-order valence-electron chi connectivity index (χ1n) is 12.5. The van der Waals surface area contributed by atoms with Gasteiger partial charge in [-0.2, -0.15) is 0 Å². The summed E-state index contributed by atoms with van der Waals surface area (Å²) in [5, 5.41) is 5.97. The molecule has 34 heavy (non-hydrogen) atoms. The van der Waals surface area contributed by atoms with Crippen LogP contribution in [0.3, 0.4) is 0 Å². The summed E-state index contributed by atoms with van der Waals surface area (Å²) >= 11 is 0. The van der Waals surface area contributed by atoms with Gasteiger partial charge in [0, 0.05) is 38.8 Å². The first kappa shape index (κ1) is 27.4. The fourth-order valence-corrected chi connectivity index (χ4v) is 3.68. The number of anilines is 1. The second-order valence-electron chi connectivity index (χ2n) is 9.11. The molecule has 0 saturated heterocycles. The van der Waals surface area contributed by atoms with Gasteiger partial charge in [0.25, 0.3) is 0 Å². The Morgan fingerprint density at radius 1 is 0.824 bits per heavy atom. The largest absolute Gasteiger partial charge is 0.355 e. The number of hydrogen-bond acceptors (Lipinski definition) is 3. The van der Waals surface area contributed by atoms with Gasteiger partial charge in [0.05, 0.1) is 0 Å². The number of hydrogen-bond donors (Lipinski definition) is 2. The molecule has 0 aliphatic rings. The summed E-state index contributed by atoms with van der Waals surface area (Å²) in [7, 11) is 5.79. The molecule has 0 saturated carbocycles. The molecular formula is C28H42N4O2. The molecule has 2 aromatic carbocycles. The molecule has 2 rings (SSSR count). The summed E-state index contributed by atoms with van der Waals surface area (Å²) in [5.74, 6) is 0.0842. The van der Waals surface area contributed by atoms with Crippen molar-refractivity contribution in [1.29, 1.82) is 0 Å². The lowest BCUT2D eigenvalue weighted by atomic mass is 10.0. The van der Waals surface area contributed by atoms with Crippen LogP contribution in [0, 0.1) is 0 Å². The number of nitrogens with zero attached hydrogens (tertiary/aromatic N) is 2. The standard InChI is InChI=1S/C28H42N4O2/c1-5-6-7-8-9-19-30-28(34)32(4)26-12-10-11-25(22-26)24-16-13-23(14-17-24)15-18-27(33)29-20-21-31(2)3/h10-14,16-17,22H,5-9,15,18-21H2,1-4H3,(H,29,33)(H,30,34). The molecule has 0 spiro atoms. The number of likely N-dealkylation sites (N-methyl/N-ethyl adjacent to an activating group) is 1. The van der Waals surface area contributed by atoms with E-state index in [0.717, 1.165) is 48.2 Å². The minimum atomic E-state index is -0.0770. The Kier molecular flexibility index (Phi) is 12.2. The van der Waals surface area contributed by atoms with E-state index in [9.17, 15) is 9.59 Å². The third kappa shape index (κ3) is 9.96. The van der Waals surface area contributed by atoms with Gasteiger partial charge in [-0.1, -0.05) is 69.0 Å². The lowest BCUT2D eigenvalue weighted by Crippen LogP contribution is -2.37. The van der Waals surface area contributed by atoms with Crippen LogP contribution in [-0.2, 0) is 11.2 Å². The third-order valence-corrected chi connectivity index (χ3v) is 5.90. The van der Waals surface area contributed by atoms with E-state index < -0.39 is 0 Å². The van der Waals surface area contributed by atoms with Gasteiger partial charge in [0.15, 0.2) is 0 Å². The van der Waals surface area contributed by atoms with Crippen LogP contribution in [-0.4, -0.2) is 57.6 Å². The number of urea groups is 1. The van der Waals surface area contributed by atoms with E-state index in [2.05, 4.69) is 47.9 Å². The van der Waals surface area contributed by atoms with E-state index in [1.165, 1.54) is 19.3 Å². The van der Waals surface area contributed by atoms with E-state index in [-0.39, 0.29) is 11.9 Å². The molecule has 0 fully saturated rings. The number of unbranched alkanes of at least 4 members (excludes halogenated alkanes) is 4. The van der Waals surface area contributed by atoms with Crippen LogP contribution in [0.25, 0.3) is 11.1 Å². The Morgan fingerprint density at radius 3 is 2.26 bits per heavy atom. The summed E-state index contributed by atoms with van der Waals surface area (Å²) < 4.78 is 0. The average molecular weight is 467 g/mol. The second-order valence-corrected chi connectivity index (χ2v) is 9.11. The Hall–Kier alpha value is -2.86. The fourth-order valence-electron chi connectivity index (χ4n) is 3.68. The molecule has 0 unspecified atom stereocenters. The highest BCUT2D eigenvalue weighted by Crippen LogP contribution is 2.25. The lowest BCUT2D eigenvalue weighted by molar-refractivity contribution is -0.121. The SMILES string of the molecule is CCCCCCCNC(=O)N(C)c1cccc(-c2ccc(CCC(=O)NCCN(C)C)cc2)c1. The monoisotopic (exact) mass is 466 g/mol. The van der Waals surface area contributed by atoms with Crippen LogP contribution in [0.4, 0.5) is 10.5 Å². The summed E-state index contributed by atoms with van der Waals surface area (Å²) in [6.07, 6.45) is 7.09. The molecule has 0 aromatic heterocycles. The summed E-state index contributed by atoms with van der Waals surface area (Å²) in [5.41, 5.74) is 4.15. The Balaban J connectivity index is 1.86. The van der Waals surface area contributed by atoms with Crippen molar-refractivity contribution in [2.75, 3.05) is 45.7 Å². The topological polar surface area (TPSA) is 64.7 Å². The number of benzene rings is 2. The molecule has 6 heteroatoms. The van der Waals surface area contributed by atoms with Gasteiger partial charge in [-0.3, -0.25) is 9.69 Å². The first-order chi connectivity index (χ1) is 16.4. The van der Waals surface area contributed by atoms with Crippen LogP contribution in [0.2, 0.25) is 0 Å². The number of aryl methyl sites for hydroxylation is 1. The molecule has 0 radical (unpaired) electrons. The average Bonchev–Trinajstić information content (AvgIpc) is 2.84. The fraction of sp³-hybridized carbons (Fsp3) is 0.500. The predicted octanol–water partition coefficient (Wildman–Crippen LogP) is 5.08. The number of carbonyl (C=O) groups excluding carboxylic acids is 2. The first-order valence-corrected chi connectivity index (χ1v) is 12.5. The van der Waals surface area contributed by atoms with Gasteiger partial charge in [-0.25, -0.2) is 4.79 Å². The molecule has 6 nitrogen and oxygen atoms in total. The van der Waals surface area contributed by atoms with E-state index >= 15 is 0 Å². The van der Waals surface area contributed by atoms with Crippen LogP contribution in [0.15, 0.2) is 48.5 Å². The second kappa shape index (κ2) is 15.1. The minimum Gasteiger partial charge on any atom is -0.355 e. The zero-order chi connectivity index (χ0) is 24.8. The smallest absolute Gasteiger partial charge is 0.321 e. The van der Waals surface area contributed by atoms with E-state index in [4.69, 9.17) is 0 Å². The summed E-state index contributed by atoms with van der Waals surface area (Å²) in [6.45, 7) is 4.43. The van der Waals surface area contributed by atoms with Crippen molar-refractivity contribution in [3.8, 4) is 11.1 Å². The Labute approximate surface area is 205 Å². The molecule has 0 heterocycles. The Morgan fingerprint density at radius 2 is 1.56 bits per heavy atom. The van der Waals surface area contributed by atoms with E-state index in [1.54, 1.807) is 11.9 Å². The maximum absolute atomic E-state index is 12.5. The van der Waals surface area contributed by atoms with Crippen molar-refractivity contribution in [3.63, 3.8) is 0 Å². The number of carbonyl (C=O) groups is 2. The van der Waals surface area contributed by atoms with Crippen LogP contribution in [0.1, 0.15) is 51.0 Å². The molecule has 3 amide bonds. The highest BCUT2D eigenvalue weighted by molar-refractivity contribution is 5.92. The Bertz CT molecular complexity index is 880.